The van der Waals surface area contributed by atoms with E-state index in [0.29, 0.717) is 6.54 Å². The van der Waals surface area contributed by atoms with Gasteiger partial charge in [-0.1, -0.05) is 12.1 Å². The van der Waals surface area contributed by atoms with Crippen molar-refractivity contribution in [1.82, 2.24) is 5.32 Å². The van der Waals surface area contributed by atoms with Crippen LogP contribution in [0.1, 0.15) is 36.7 Å². The largest absolute Gasteiger partial charge is 0.508 e. The second-order valence-electron chi connectivity index (χ2n) is 5.19. The summed E-state index contributed by atoms with van der Waals surface area (Å²) in [5.41, 5.74) is 0.833. The predicted octanol–water partition coefficient (Wildman–Crippen LogP) is 1.92. The monoisotopic (exact) mass is 332 g/mol. The minimum atomic E-state index is -0.668. The molecule has 1 rings (SSSR count). The molecule has 0 aliphatic heterocycles. The van der Waals surface area contributed by atoms with Gasteiger partial charge in [0.25, 0.3) is 0 Å². The number of rotatable bonds is 7. The highest BCUT2D eigenvalue weighted by Crippen LogP contribution is 2.09. The minimum Gasteiger partial charge on any atom is -0.508 e. The van der Waals surface area contributed by atoms with Crippen molar-refractivity contribution in [2.75, 3.05) is 6.61 Å². The molecule has 0 fully saturated rings. The normalized spacial score (nSPS) is 11.3. The maximum absolute atomic E-state index is 11.9. The predicted molar refractivity (Wildman–Crippen MR) is 88.0 cm³/mol. The van der Waals surface area contributed by atoms with Crippen molar-refractivity contribution in [3.05, 3.63) is 46.7 Å². The van der Waals surface area contributed by atoms with Crippen molar-refractivity contribution in [2.24, 2.45) is 0 Å². The van der Waals surface area contributed by atoms with E-state index in [9.17, 15) is 19.5 Å². The quantitative estimate of drug-likeness (QED) is 0.305. The molecule has 0 aliphatic rings. The standard InChI is InChI=1S/C17H20N2O5/c1-10(18)16(11(2)20)15(22)9-24-17(23)14-6-4-13(5-7-14)8-19-12(3)21/h4-7,18,22H,8-9H2,1-3H3,(H,19,21)/b16-15-,18-10?. The van der Waals surface area contributed by atoms with Gasteiger partial charge in [0.05, 0.1) is 11.1 Å². The number of hydrogen-bond donors (Lipinski definition) is 3. The number of amides is 1. The van der Waals surface area contributed by atoms with Gasteiger partial charge in [0.1, 0.15) is 12.4 Å². The van der Waals surface area contributed by atoms with Crippen LogP contribution in [0.5, 0.6) is 0 Å². The second-order valence-corrected chi connectivity index (χ2v) is 5.19. The van der Waals surface area contributed by atoms with E-state index in [-0.39, 0.29) is 22.8 Å². The Bertz CT molecular complexity index is 673. The van der Waals surface area contributed by atoms with E-state index in [1.54, 1.807) is 12.1 Å². The Morgan fingerprint density at radius 2 is 1.71 bits per heavy atom. The lowest BCUT2D eigenvalue weighted by Crippen LogP contribution is -2.19. The molecule has 1 aromatic carbocycles. The van der Waals surface area contributed by atoms with E-state index in [2.05, 4.69) is 5.32 Å². The van der Waals surface area contributed by atoms with E-state index in [4.69, 9.17) is 10.1 Å². The molecule has 7 nitrogen and oxygen atoms in total. The molecule has 0 saturated heterocycles. The minimum absolute atomic E-state index is 0.0987. The molecule has 128 valence electrons. The molecule has 0 heterocycles. The SMILES string of the molecule is CC(=N)/C(C(C)=O)=C(/O)COC(=O)c1ccc(CNC(C)=O)cc1. The Balaban J connectivity index is 2.71. The Labute approximate surface area is 139 Å². The highest BCUT2D eigenvalue weighted by Gasteiger charge is 2.15. The van der Waals surface area contributed by atoms with Gasteiger partial charge in [-0.25, -0.2) is 4.79 Å². The molecule has 0 spiro atoms. The zero-order chi connectivity index (χ0) is 18.3. The number of Topliss-reactive ketones (excluding diaryl/α,β-unsaturated/α-hetero) is 1. The van der Waals surface area contributed by atoms with Crippen LogP contribution in [0.15, 0.2) is 35.6 Å². The topological polar surface area (TPSA) is 117 Å². The number of allylic oxidation sites excluding steroid dienone is 1. The lowest BCUT2D eigenvalue weighted by Gasteiger charge is -2.09. The summed E-state index contributed by atoms with van der Waals surface area (Å²) in [6, 6.07) is 6.41. The third-order valence-electron chi connectivity index (χ3n) is 3.09. The van der Waals surface area contributed by atoms with Crippen LogP contribution in [0, 0.1) is 5.41 Å². The second kappa shape index (κ2) is 8.61. The lowest BCUT2D eigenvalue weighted by molar-refractivity contribution is -0.119. The molecule has 0 saturated carbocycles. The first-order valence-electron chi connectivity index (χ1n) is 7.21. The summed E-state index contributed by atoms with van der Waals surface area (Å²) < 4.78 is 4.94. The number of carbonyl (C=O) groups is 3. The molecule has 0 atom stereocenters. The molecule has 24 heavy (non-hydrogen) atoms. The van der Waals surface area contributed by atoms with Crippen molar-refractivity contribution in [1.29, 1.82) is 5.41 Å². The zero-order valence-electron chi connectivity index (χ0n) is 13.8. The first kappa shape index (κ1) is 19.1. The van der Waals surface area contributed by atoms with Crippen LogP contribution in [0.3, 0.4) is 0 Å². The van der Waals surface area contributed by atoms with Gasteiger partial charge < -0.3 is 20.6 Å². The van der Waals surface area contributed by atoms with Crippen LogP contribution in [0.4, 0.5) is 0 Å². The summed E-state index contributed by atoms with van der Waals surface area (Å²) in [4.78, 5) is 34.1. The molecule has 1 aromatic rings. The molecule has 0 bridgehead atoms. The number of ketones is 1. The van der Waals surface area contributed by atoms with Crippen molar-refractivity contribution in [3.63, 3.8) is 0 Å². The van der Waals surface area contributed by atoms with E-state index < -0.39 is 24.1 Å². The van der Waals surface area contributed by atoms with Gasteiger partial charge in [-0.2, -0.15) is 0 Å². The fourth-order valence-corrected chi connectivity index (χ4v) is 1.96. The molecule has 0 aromatic heterocycles. The number of nitrogens with one attached hydrogen (secondary N) is 2. The molecule has 0 unspecified atom stereocenters. The number of aliphatic hydroxyl groups is 1. The van der Waals surface area contributed by atoms with Gasteiger partial charge in [-0.3, -0.25) is 9.59 Å². The third-order valence-corrected chi connectivity index (χ3v) is 3.09. The van der Waals surface area contributed by atoms with Gasteiger partial charge in [0.2, 0.25) is 5.91 Å². The fraction of sp³-hybridized carbons (Fsp3) is 0.294. The van der Waals surface area contributed by atoms with E-state index >= 15 is 0 Å². The van der Waals surface area contributed by atoms with Crippen LogP contribution in [0.25, 0.3) is 0 Å². The number of esters is 1. The third kappa shape index (κ3) is 5.68. The van der Waals surface area contributed by atoms with E-state index in [1.165, 1.54) is 32.9 Å². The smallest absolute Gasteiger partial charge is 0.338 e. The number of ether oxygens (including phenoxy) is 1. The summed E-state index contributed by atoms with van der Waals surface area (Å²) in [6.07, 6.45) is 0. The number of aliphatic hydroxyl groups excluding tert-OH is 1. The molecule has 0 aliphatic carbocycles. The van der Waals surface area contributed by atoms with Crippen LogP contribution in [-0.4, -0.2) is 35.1 Å². The van der Waals surface area contributed by atoms with Crippen molar-refractivity contribution >= 4 is 23.4 Å². The van der Waals surface area contributed by atoms with E-state index in [1.807, 2.05) is 0 Å². The number of benzene rings is 1. The molecule has 7 heteroatoms. The Morgan fingerprint density at radius 3 is 2.17 bits per heavy atom. The lowest BCUT2D eigenvalue weighted by atomic mass is 10.1. The average Bonchev–Trinajstić information content (AvgIpc) is 2.50. The van der Waals surface area contributed by atoms with Crippen molar-refractivity contribution < 1.29 is 24.2 Å². The van der Waals surface area contributed by atoms with Gasteiger partial charge in [0, 0.05) is 19.2 Å². The molecule has 3 N–H and O–H groups in total. The maximum atomic E-state index is 11.9. The average molecular weight is 332 g/mol. The Kier molecular flexibility index (Phi) is 6.85. The first-order valence-corrected chi connectivity index (χ1v) is 7.21. The van der Waals surface area contributed by atoms with Gasteiger partial charge in [0.15, 0.2) is 5.78 Å². The number of hydrogen-bond acceptors (Lipinski definition) is 6. The summed E-state index contributed by atoms with van der Waals surface area (Å²) in [5.74, 6) is -1.74. The maximum Gasteiger partial charge on any atom is 0.338 e. The fourth-order valence-electron chi connectivity index (χ4n) is 1.96. The van der Waals surface area contributed by atoms with Crippen molar-refractivity contribution in [3.8, 4) is 0 Å². The Hall–Kier alpha value is -2.96. The van der Waals surface area contributed by atoms with Crippen LogP contribution in [-0.2, 0) is 20.9 Å². The van der Waals surface area contributed by atoms with Gasteiger partial charge in [-0.05, 0) is 31.5 Å². The molecule has 0 radical (unpaired) electrons. The van der Waals surface area contributed by atoms with E-state index in [0.717, 1.165) is 5.56 Å². The molecule has 1 amide bonds. The number of carbonyl (C=O) groups excluding carboxylic acids is 3. The van der Waals surface area contributed by atoms with Crippen LogP contribution < -0.4 is 5.32 Å². The summed E-state index contributed by atoms with van der Waals surface area (Å²) in [6.45, 7) is 3.87. The Morgan fingerprint density at radius 1 is 1.12 bits per heavy atom. The summed E-state index contributed by atoms with van der Waals surface area (Å²) in [7, 11) is 0. The zero-order valence-corrected chi connectivity index (χ0v) is 13.8. The summed E-state index contributed by atoms with van der Waals surface area (Å²) >= 11 is 0. The van der Waals surface area contributed by atoms with Gasteiger partial charge >= 0.3 is 5.97 Å². The molecular formula is C17H20N2O5. The van der Waals surface area contributed by atoms with Crippen LogP contribution >= 0.6 is 0 Å². The van der Waals surface area contributed by atoms with Crippen LogP contribution in [0.2, 0.25) is 0 Å². The first-order chi connectivity index (χ1) is 11.2. The summed E-state index contributed by atoms with van der Waals surface area (Å²) in [5, 5.41) is 19.9. The highest BCUT2D eigenvalue weighted by atomic mass is 16.5. The highest BCUT2D eigenvalue weighted by molar-refractivity contribution is 6.19. The molecular weight excluding hydrogens is 312 g/mol. The van der Waals surface area contributed by atoms with Crippen molar-refractivity contribution in [2.45, 2.75) is 27.3 Å². The van der Waals surface area contributed by atoms with Gasteiger partial charge in [-0.15, -0.1) is 0 Å².